The van der Waals surface area contributed by atoms with Crippen molar-refractivity contribution in [3.8, 4) is 0 Å². The Morgan fingerprint density at radius 2 is 1.96 bits per heavy atom. The molecule has 0 aliphatic carbocycles. The molecular formula is C15H21ClN6O. The number of nitrogens with zero attached hydrogens (tertiary/aromatic N) is 6. The van der Waals surface area contributed by atoms with E-state index in [0.29, 0.717) is 18.0 Å². The monoisotopic (exact) mass is 336 g/mol. The summed E-state index contributed by atoms with van der Waals surface area (Å²) in [4.78, 5) is 16.6. The zero-order valence-corrected chi connectivity index (χ0v) is 14.0. The summed E-state index contributed by atoms with van der Waals surface area (Å²) in [5.41, 5.74) is 1.21. The lowest BCUT2D eigenvalue weighted by Crippen LogP contribution is -2.48. The van der Waals surface area contributed by atoms with Crippen molar-refractivity contribution in [2.24, 2.45) is 7.05 Å². The van der Waals surface area contributed by atoms with E-state index in [1.807, 2.05) is 29.0 Å². The van der Waals surface area contributed by atoms with E-state index in [1.165, 1.54) is 5.56 Å². The number of amides is 1. The molecule has 0 radical (unpaired) electrons. The Morgan fingerprint density at radius 1 is 1.17 bits per heavy atom. The molecule has 1 fully saturated rings. The maximum absolute atomic E-state index is 12.3. The van der Waals surface area contributed by atoms with Gasteiger partial charge in [0.15, 0.2) is 0 Å². The van der Waals surface area contributed by atoms with Gasteiger partial charge in [0.1, 0.15) is 0 Å². The highest BCUT2D eigenvalue weighted by molar-refractivity contribution is 6.30. The average Bonchev–Trinajstić information content (AvgIpc) is 3.14. The summed E-state index contributed by atoms with van der Waals surface area (Å²) in [5.74, 6) is 0.178. The second kappa shape index (κ2) is 7.14. The van der Waals surface area contributed by atoms with Gasteiger partial charge in [0.2, 0.25) is 5.91 Å². The summed E-state index contributed by atoms with van der Waals surface area (Å²) >= 11 is 5.82. The molecular weight excluding hydrogens is 316 g/mol. The van der Waals surface area contributed by atoms with Gasteiger partial charge < -0.3 is 4.90 Å². The van der Waals surface area contributed by atoms with Crippen LogP contribution in [0.2, 0.25) is 5.02 Å². The molecule has 0 bridgehead atoms. The molecule has 0 atom stereocenters. The van der Waals surface area contributed by atoms with Crippen molar-refractivity contribution in [2.75, 3.05) is 26.2 Å². The van der Waals surface area contributed by atoms with E-state index in [9.17, 15) is 4.79 Å². The fourth-order valence-electron chi connectivity index (χ4n) is 2.80. The summed E-state index contributed by atoms with van der Waals surface area (Å²) in [6.45, 7) is 4.81. The van der Waals surface area contributed by atoms with Crippen LogP contribution in [0.25, 0.3) is 0 Å². The second-order valence-corrected chi connectivity index (χ2v) is 6.29. The van der Waals surface area contributed by atoms with Crippen molar-refractivity contribution in [1.29, 1.82) is 0 Å². The van der Waals surface area contributed by atoms with E-state index < -0.39 is 0 Å². The molecule has 1 saturated heterocycles. The Morgan fingerprint density at radius 3 is 2.57 bits per heavy atom. The first-order chi connectivity index (χ1) is 11.1. The smallest absolute Gasteiger partial charge is 0.224 e. The van der Waals surface area contributed by atoms with Crippen LogP contribution < -0.4 is 0 Å². The molecule has 3 rings (SSSR count). The molecule has 1 amide bonds. The van der Waals surface area contributed by atoms with Gasteiger partial charge in [-0.25, -0.2) is 0 Å². The van der Waals surface area contributed by atoms with Crippen LogP contribution in [-0.2, 0) is 24.9 Å². The molecule has 0 aromatic carbocycles. The van der Waals surface area contributed by atoms with E-state index in [-0.39, 0.29) is 5.91 Å². The van der Waals surface area contributed by atoms with Gasteiger partial charge in [-0.2, -0.15) is 10.2 Å². The van der Waals surface area contributed by atoms with Crippen molar-refractivity contribution in [3.63, 3.8) is 0 Å². The maximum atomic E-state index is 12.3. The number of halogens is 1. The van der Waals surface area contributed by atoms with Crippen LogP contribution >= 0.6 is 11.6 Å². The molecule has 0 unspecified atom stereocenters. The van der Waals surface area contributed by atoms with Gasteiger partial charge in [-0.1, -0.05) is 11.6 Å². The molecule has 23 heavy (non-hydrogen) atoms. The van der Waals surface area contributed by atoms with Crippen molar-refractivity contribution >= 4 is 17.5 Å². The summed E-state index contributed by atoms with van der Waals surface area (Å²) in [6, 6.07) is 0. The molecule has 0 spiro atoms. The minimum atomic E-state index is 0.178. The van der Waals surface area contributed by atoms with Gasteiger partial charge in [-0.3, -0.25) is 19.1 Å². The van der Waals surface area contributed by atoms with Gasteiger partial charge in [0.05, 0.1) is 17.4 Å². The molecule has 1 aliphatic rings. The molecule has 0 N–H and O–H groups in total. The normalized spacial score (nSPS) is 16.0. The molecule has 2 aromatic rings. The molecule has 3 heterocycles. The third kappa shape index (κ3) is 4.33. The standard InChI is InChI=1S/C15H21ClN6O/c1-19-10-13(8-17-19)11-20-4-6-21(7-5-20)15(23)2-3-22-12-14(16)9-18-22/h8-10,12H,2-7,11H2,1H3. The van der Waals surface area contributed by atoms with Gasteiger partial charge in [-0.05, 0) is 0 Å². The van der Waals surface area contributed by atoms with Crippen LogP contribution in [0.15, 0.2) is 24.8 Å². The lowest BCUT2D eigenvalue weighted by molar-refractivity contribution is -0.133. The number of hydrogen-bond donors (Lipinski definition) is 0. The first-order valence-electron chi connectivity index (χ1n) is 7.76. The maximum Gasteiger partial charge on any atom is 0.224 e. The Hall–Kier alpha value is -1.86. The van der Waals surface area contributed by atoms with Crippen LogP contribution in [0.4, 0.5) is 0 Å². The van der Waals surface area contributed by atoms with Crippen LogP contribution in [0, 0.1) is 0 Å². The van der Waals surface area contributed by atoms with Gasteiger partial charge >= 0.3 is 0 Å². The topological polar surface area (TPSA) is 59.2 Å². The number of aromatic nitrogens is 4. The van der Waals surface area contributed by atoms with E-state index in [2.05, 4.69) is 15.1 Å². The number of piperazine rings is 1. The fraction of sp³-hybridized carbons (Fsp3) is 0.533. The van der Waals surface area contributed by atoms with Crippen LogP contribution in [0.1, 0.15) is 12.0 Å². The summed E-state index contributed by atoms with van der Waals surface area (Å²) in [6.07, 6.45) is 7.71. The average molecular weight is 337 g/mol. The predicted octanol–water partition coefficient (Wildman–Crippen LogP) is 1.00. The van der Waals surface area contributed by atoms with Gasteiger partial charge in [-0.15, -0.1) is 0 Å². The Kier molecular flexibility index (Phi) is 4.97. The Balaban J connectivity index is 1.42. The third-order valence-corrected chi connectivity index (χ3v) is 4.24. The van der Waals surface area contributed by atoms with Crippen LogP contribution in [0.5, 0.6) is 0 Å². The number of aryl methyl sites for hydroxylation is 2. The number of hydrogen-bond acceptors (Lipinski definition) is 4. The highest BCUT2D eigenvalue weighted by Gasteiger charge is 2.21. The highest BCUT2D eigenvalue weighted by atomic mass is 35.5. The van der Waals surface area contributed by atoms with Crippen molar-refractivity contribution < 1.29 is 4.79 Å². The van der Waals surface area contributed by atoms with Gasteiger partial charge in [0.25, 0.3) is 0 Å². The second-order valence-electron chi connectivity index (χ2n) is 5.85. The molecule has 0 saturated carbocycles. The number of carbonyl (C=O) groups excluding carboxylic acids is 1. The number of carbonyl (C=O) groups is 1. The van der Waals surface area contributed by atoms with Crippen molar-refractivity contribution in [3.05, 3.63) is 35.4 Å². The molecule has 124 valence electrons. The third-order valence-electron chi connectivity index (χ3n) is 4.05. The largest absolute Gasteiger partial charge is 0.340 e. The van der Waals surface area contributed by atoms with Crippen LogP contribution in [-0.4, -0.2) is 61.4 Å². The molecule has 8 heteroatoms. The van der Waals surface area contributed by atoms with Crippen molar-refractivity contribution in [2.45, 2.75) is 19.5 Å². The molecule has 1 aliphatic heterocycles. The minimum Gasteiger partial charge on any atom is -0.340 e. The highest BCUT2D eigenvalue weighted by Crippen LogP contribution is 2.10. The van der Waals surface area contributed by atoms with E-state index in [1.54, 1.807) is 17.1 Å². The zero-order valence-electron chi connectivity index (χ0n) is 13.2. The van der Waals surface area contributed by atoms with E-state index >= 15 is 0 Å². The summed E-state index contributed by atoms with van der Waals surface area (Å²) < 4.78 is 3.52. The van der Waals surface area contributed by atoms with E-state index in [4.69, 9.17) is 11.6 Å². The number of rotatable bonds is 5. The first kappa shape index (κ1) is 16.0. The fourth-order valence-corrected chi connectivity index (χ4v) is 2.95. The van der Waals surface area contributed by atoms with E-state index in [0.717, 1.165) is 32.7 Å². The van der Waals surface area contributed by atoms with Crippen molar-refractivity contribution in [1.82, 2.24) is 29.4 Å². The Labute approximate surface area is 140 Å². The first-order valence-corrected chi connectivity index (χ1v) is 8.13. The Bertz CT molecular complexity index is 658. The quantitative estimate of drug-likeness (QED) is 0.817. The van der Waals surface area contributed by atoms with Gasteiger partial charge in [0, 0.05) is 70.7 Å². The zero-order chi connectivity index (χ0) is 16.2. The summed E-state index contributed by atoms with van der Waals surface area (Å²) in [5, 5.41) is 8.88. The van der Waals surface area contributed by atoms with Crippen LogP contribution in [0.3, 0.4) is 0 Å². The molecule has 7 nitrogen and oxygen atoms in total. The lowest BCUT2D eigenvalue weighted by atomic mass is 10.2. The lowest BCUT2D eigenvalue weighted by Gasteiger charge is -2.34. The SMILES string of the molecule is Cn1cc(CN2CCN(C(=O)CCn3cc(Cl)cn3)CC2)cn1. The molecule has 2 aromatic heterocycles. The summed E-state index contributed by atoms with van der Waals surface area (Å²) in [7, 11) is 1.92. The minimum absolute atomic E-state index is 0.178. The predicted molar refractivity (Wildman–Crippen MR) is 86.9 cm³/mol.